The average Bonchev–Trinajstić information content (AvgIpc) is 2.33. The van der Waals surface area contributed by atoms with E-state index in [1.807, 2.05) is 0 Å². The molecule has 0 aliphatic rings. The molecule has 7 heteroatoms. The number of rotatable bonds is 4. The molecule has 0 atom stereocenters. The lowest BCUT2D eigenvalue weighted by molar-refractivity contribution is 0.0527. The van der Waals surface area contributed by atoms with E-state index in [1.165, 1.54) is 0 Å². The number of halogens is 2. The fourth-order valence-electron chi connectivity index (χ4n) is 1.34. The van der Waals surface area contributed by atoms with Gasteiger partial charge in [-0.3, -0.25) is 5.32 Å². The van der Waals surface area contributed by atoms with Crippen molar-refractivity contribution in [2.45, 2.75) is 13.8 Å². The Kier molecular flexibility index (Phi) is 6.30. The molecular weight excluding hydrogens is 382 g/mol. The molecule has 0 spiro atoms. The van der Waals surface area contributed by atoms with Gasteiger partial charge in [0.05, 0.1) is 24.5 Å². The van der Waals surface area contributed by atoms with Crippen LogP contribution in [0.1, 0.15) is 24.2 Å². The number of nitrogens with one attached hydrogen (secondary N) is 1. The second-order valence-electron chi connectivity index (χ2n) is 3.38. The van der Waals surface area contributed by atoms with Gasteiger partial charge in [0.2, 0.25) is 0 Å². The molecule has 1 N–H and O–H groups in total. The number of anilines is 1. The molecule has 0 aliphatic heterocycles. The minimum absolute atomic E-state index is 0.245. The first-order valence-electron chi connectivity index (χ1n) is 5.59. The molecule has 5 nitrogen and oxygen atoms in total. The number of hydrogen-bond donors (Lipinski definition) is 1. The first-order chi connectivity index (χ1) is 8.99. The number of ether oxygens (including phenoxy) is 2. The van der Waals surface area contributed by atoms with Crippen LogP contribution in [0.2, 0.25) is 0 Å². The molecule has 0 saturated carbocycles. The standard InChI is InChI=1S/C12H13Br2NO4/c1-3-18-11(16)8-5-7(13)6-9(14)10(8)15-12(17)19-4-2/h5-6H,3-4H2,1-2H3,(H,15,17). The lowest BCUT2D eigenvalue weighted by Crippen LogP contribution is -2.17. The Hall–Kier alpha value is -1.08. The van der Waals surface area contributed by atoms with Gasteiger partial charge in [-0.25, -0.2) is 9.59 Å². The van der Waals surface area contributed by atoms with Crippen LogP contribution < -0.4 is 5.32 Å². The van der Waals surface area contributed by atoms with E-state index in [1.54, 1.807) is 26.0 Å². The molecule has 1 aromatic carbocycles. The van der Waals surface area contributed by atoms with Crippen LogP contribution in [0.15, 0.2) is 21.1 Å². The monoisotopic (exact) mass is 393 g/mol. The summed E-state index contributed by atoms with van der Waals surface area (Å²) in [6.07, 6.45) is -0.629. The normalized spacial score (nSPS) is 9.89. The largest absolute Gasteiger partial charge is 0.462 e. The minimum atomic E-state index is -0.629. The van der Waals surface area contributed by atoms with E-state index in [2.05, 4.69) is 37.2 Å². The van der Waals surface area contributed by atoms with Crippen molar-refractivity contribution in [2.75, 3.05) is 18.5 Å². The predicted molar refractivity (Wildman–Crippen MR) is 78.4 cm³/mol. The van der Waals surface area contributed by atoms with Gasteiger partial charge in [-0.05, 0) is 41.9 Å². The van der Waals surface area contributed by atoms with Crippen molar-refractivity contribution in [3.63, 3.8) is 0 Å². The van der Waals surface area contributed by atoms with Crippen LogP contribution in [-0.2, 0) is 9.47 Å². The third kappa shape index (κ3) is 4.50. The van der Waals surface area contributed by atoms with Gasteiger partial charge in [0.15, 0.2) is 0 Å². The Bertz CT molecular complexity index is 491. The number of hydrogen-bond acceptors (Lipinski definition) is 4. The Morgan fingerprint density at radius 3 is 2.37 bits per heavy atom. The van der Waals surface area contributed by atoms with Crippen molar-refractivity contribution < 1.29 is 19.1 Å². The van der Waals surface area contributed by atoms with E-state index in [9.17, 15) is 9.59 Å². The highest BCUT2D eigenvalue weighted by molar-refractivity contribution is 9.11. The van der Waals surface area contributed by atoms with Gasteiger partial charge < -0.3 is 9.47 Å². The summed E-state index contributed by atoms with van der Waals surface area (Å²) < 4.78 is 11.0. The zero-order chi connectivity index (χ0) is 14.4. The van der Waals surface area contributed by atoms with E-state index >= 15 is 0 Å². The average molecular weight is 395 g/mol. The predicted octanol–water partition coefficient (Wildman–Crippen LogP) is 3.96. The van der Waals surface area contributed by atoms with Crippen LogP contribution in [0.4, 0.5) is 10.5 Å². The molecule has 0 aromatic heterocycles. The smallest absolute Gasteiger partial charge is 0.411 e. The SMILES string of the molecule is CCOC(=O)Nc1c(Br)cc(Br)cc1C(=O)OCC. The zero-order valence-corrected chi connectivity index (χ0v) is 13.6. The Morgan fingerprint density at radius 1 is 1.16 bits per heavy atom. The van der Waals surface area contributed by atoms with Crippen LogP contribution in [-0.4, -0.2) is 25.3 Å². The third-order valence-corrected chi connectivity index (χ3v) is 3.14. The molecule has 104 valence electrons. The van der Waals surface area contributed by atoms with E-state index in [0.717, 1.165) is 0 Å². The van der Waals surface area contributed by atoms with E-state index in [-0.39, 0.29) is 18.8 Å². The number of amides is 1. The van der Waals surface area contributed by atoms with Gasteiger partial charge in [0.1, 0.15) is 0 Å². The van der Waals surface area contributed by atoms with Crippen molar-refractivity contribution in [1.29, 1.82) is 0 Å². The van der Waals surface area contributed by atoms with Gasteiger partial charge in [0, 0.05) is 8.95 Å². The Morgan fingerprint density at radius 2 is 1.79 bits per heavy atom. The molecule has 0 aliphatic carbocycles. The molecule has 19 heavy (non-hydrogen) atoms. The zero-order valence-electron chi connectivity index (χ0n) is 10.5. The second-order valence-corrected chi connectivity index (χ2v) is 5.15. The summed E-state index contributed by atoms with van der Waals surface area (Å²) in [4.78, 5) is 23.3. The van der Waals surface area contributed by atoms with Crippen molar-refractivity contribution >= 4 is 49.6 Å². The van der Waals surface area contributed by atoms with E-state index < -0.39 is 12.1 Å². The first kappa shape index (κ1) is 16.0. The summed E-state index contributed by atoms with van der Waals surface area (Å²) in [6, 6.07) is 3.29. The molecule has 1 aromatic rings. The van der Waals surface area contributed by atoms with Gasteiger partial charge in [-0.15, -0.1) is 0 Å². The van der Waals surface area contributed by atoms with Gasteiger partial charge in [-0.2, -0.15) is 0 Å². The van der Waals surface area contributed by atoms with Crippen LogP contribution >= 0.6 is 31.9 Å². The summed E-state index contributed by atoms with van der Waals surface area (Å²) in [5.41, 5.74) is 0.566. The highest BCUT2D eigenvalue weighted by atomic mass is 79.9. The van der Waals surface area contributed by atoms with Crippen molar-refractivity contribution in [1.82, 2.24) is 0 Å². The van der Waals surface area contributed by atoms with Crippen LogP contribution in [0.3, 0.4) is 0 Å². The summed E-state index contributed by atoms with van der Waals surface area (Å²) in [5.74, 6) is -0.517. The van der Waals surface area contributed by atoms with Gasteiger partial charge in [0.25, 0.3) is 0 Å². The first-order valence-corrected chi connectivity index (χ1v) is 7.18. The molecule has 1 amide bonds. The lowest BCUT2D eigenvalue weighted by Gasteiger charge is -2.12. The maximum atomic E-state index is 11.9. The van der Waals surface area contributed by atoms with Crippen LogP contribution in [0.25, 0.3) is 0 Å². The summed E-state index contributed by atoms with van der Waals surface area (Å²) in [5, 5.41) is 2.52. The van der Waals surface area contributed by atoms with Crippen molar-refractivity contribution in [2.24, 2.45) is 0 Å². The topological polar surface area (TPSA) is 64.6 Å². The lowest BCUT2D eigenvalue weighted by atomic mass is 10.2. The van der Waals surface area contributed by atoms with Crippen LogP contribution in [0, 0.1) is 0 Å². The fourth-order valence-corrected chi connectivity index (χ4v) is 2.66. The van der Waals surface area contributed by atoms with E-state index in [0.29, 0.717) is 14.6 Å². The van der Waals surface area contributed by atoms with Crippen LogP contribution in [0.5, 0.6) is 0 Å². The highest BCUT2D eigenvalue weighted by Crippen LogP contribution is 2.31. The quantitative estimate of drug-likeness (QED) is 0.785. The minimum Gasteiger partial charge on any atom is -0.462 e. The maximum absolute atomic E-state index is 11.9. The van der Waals surface area contributed by atoms with E-state index in [4.69, 9.17) is 9.47 Å². The Balaban J connectivity index is 3.13. The van der Waals surface area contributed by atoms with Crippen molar-refractivity contribution in [3.8, 4) is 0 Å². The maximum Gasteiger partial charge on any atom is 0.411 e. The fraction of sp³-hybridized carbons (Fsp3) is 0.333. The molecule has 0 fully saturated rings. The molecule has 0 saturated heterocycles. The number of carbonyl (C=O) groups is 2. The number of esters is 1. The second kappa shape index (κ2) is 7.49. The Labute approximate surface area is 127 Å². The summed E-state index contributed by atoms with van der Waals surface area (Å²) in [6.45, 7) is 3.91. The third-order valence-electron chi connectivity index (χ3n) is 2.05. The molecule has 0 bridgehead atoms. The molecule has 0 heterocycles. The summed E-state index contributed by atoms with van der Waals surface area (Å²) in [7, 11) is 0. The number of benzene rings is 1. The van der Waals surface area contributed by atoms with Gasteiger partial charge in [-0.1, -0.05) is 15.9 Å². The molecule has 0 radical (unpaired) electrons. The van der Waals surface area contributed by atoms with Gasteiger partial charge >= 0.3 is 12.1 Å². The van der Waals surface area contributed by atoms with Crippen molar-refractivity contribution in [3.05, 3.63) is 26.6 Å². The number of carbonyl (C=O) groups excluding carboxylic acids is 2. The highest BCUT2D eigenvalue weighted by Gasteiger charge is 2.18. The molecule has 1 rings (SSSR count). The molecular formula is C12H13Br2NO4. The molecule has 0 unspecified atom stereocenters. The summed E-state index contributed by atoms with van der Waals surface area (Å²) >= 11 is 6.57.